The Hall–Kier alpha value is -0.770. The number of carbonyl (C=O) groups is 1. The number of alkyl carbamates (subject to hydrolysis) is 1. The van der Waals surface area contributed by atoms with Gasteiger partial charge in [-0.2, -0.15) is 0 Å². The van der Waals surface area contributed by atoms with E-state index in [1.54, 1.807) is 0 Å². The second kappa shape index (κ2) is 4.64. The molecule has 3 N–H and O–H groups in total. The monoisotopic (exact) mass is 202 g/mol. The minimum atomic E-state index is -0.455. The lowest BCUT2D eigenvalue weighted by Crippen LogP contribution is -2.46. The van der Waals surface area contributed by atoms with E-state index in [2.05, 4.69) is 5.32 Å². The summed E-state index contributed by atoms with van der Waals surface area (Å²) >= 11 is 0. The summed E-state index contributed by atoms with van der Waals surface area (Å²) in [6.07, 6.45) is 0.336. The highest BCUT2D eigenvalue weighted by Gasteiger charge is 2.23. The van der Waals surface area contributed by atoms with Gasteiger partial charge in [-0.05, 0) is 47.6 Å². The molecule has 1 amide bonds. The Bertz CT molecular complexity index is 195. The fourth-order valence-corrected chi connectivity index (χ4v) is 1.00. The van der Waals surface area contributed by atoms with Crippen LogP contribution >= 0.6 is 0 Å². The highest BCUT2D eigenvalue weighted by atomic mass is 16.6. The molecular formula is C10H22N2O2. The zero-order valence-corrected chi connectivity index (χ0v) is 9.81. The number of nitrogens with two attached hydrogens (primary N) is 1. The van der Waals surface area contributed by atoms with Crippen molar-refractivity contribution in [2.45, 2.75) is 52.2 Å². The summed E-state index contributed by atoms with van der Waals surface area (Å²) in [4.78, 5) is 11.4. The van der Waals surface area contributed by atoms with Crippen molar-refractivity contribution < 1.29 is 9.53 Å². The van der Waals surface area contributed by atoms with Gasteiger partial charge in [-0.1, -0.05) is 0 Å². The van der Waals surface area contributed by atoms with Crippen molar-refractivity contribution in [3.63, 3.8) is 0 Å². The molecule has 0 heterocycles. The normalized spacial score (nSPS) is 12.4. The standard InChI is InChI=1S/C10H22N2O2/c1-9(2,3)14-8(13)12-10(4,5)6-7-11/h6-7,11H2,1-5H3,(H,12,13). The number of rotatable bonds is 3. The summed E-state index contributed by atoms with van der Waals surface area (Å²) in [5.74, 6) is 0. The van der Waals surface area contributed by atoms with Gasteiger partial charge >= 0.3 is 6.09 Å². The Morgan fingerprint density at radius 2 is 1.79 bits per heavy atom. The molecule has 14 heavy (non-hydrogen) atoms. The summed E-state index contributed by atoms with van der Waals surface area (Å²) in [6, 6.07) is 0. The first-order valence-corrected chi connectivity index (χ1v) is 4.87. The largest absolute Gasteiger partial charge is 0.444 e. The molecule has 0 bridgehead atoms. The Labute approximate surface area is 86.2 Å². The van der Waals surface area contributed by atoms with Gasteiger partial charge in [-0.25, -0.2) is 4.79 Å². The van der Waals surface area contributed by atoms with Gasteiger partial charge in [0.2, 0.25) is 0 Å². The minimum absolute atomic E-state index is 0.308. The molecule has 0 spiro atoms. The number of nitrogens with one attached hydrogen (secondary N) is 1. The Kier molecular flexibility index (Phi) is 4.39. The van der Waals surface area contributed by atoms with Crippen LogP contribution in [-0.4, -0.2) is 23.8 Å². The molecule has 0 aliphatic rings. The fourth-order valence-electron chi connectivity index (χ4n) is 1.00. The number of hydrogen-bond donors (Lipinski definition) is 2. The van der Waals surface area contributed by atoms with Gasteiger partial charge in [0.25, 0.3) is 0 Å². The molecule has 0 atom stereocenters. The van der Waals surface area contributed by atoms with Crippen LogP contribution in [0.3, 0.4) is 0 Å². The molecule has 0 fully saturated rings. The van der Waals surface area contributed by atoms with Crippen LogP contribution in [-0.2, 0) is 4.74 Å². The molecule has 84 valence electrons. The van der Waals surface area contributed by atoms with Crippen LogP contribution in [0.5, 0.6) is 0 Å². The van der Waals surface area contributed by atoms with Crippen LogP contribution in [0, 0.1) is 0 Å². The fraction of sp³-hybridized carbons (Fsp3) is 0.900. The van der Waals surface area contributed by atoms with Gasteiger partial charge in [0.15, 0.2) is 0 Å². The molecule has 0 saturated heterocycles. The van der Waals surface area contributed by atoms with Gasteiger partial charge in [0.1, 0.15) is 5.60 Å². The summed E-state index contributed by atoms with van der Waals surface area (Å²) < 4.78 is 5.13. The van der Waals surface area contributed by atoms with Crippen molar-refractivity contribution in [2.24, 2.45) is 5.73 Å². The van der Waals surface area contributed by atoms with E-state index in [-0.39, 0.29) is 5.54 Å². The maximum atomic E-state index is 11.4. The smallest absolute Gasteiger partial charge is 0.408 e. The van der Waals surface area contributed by atoms with E-state index in [9.17, 15) is 4.79 Å². The molecule has 0 saturated carbocycles. The number of carbonyl (C=O) groups excluding carboxylic acids is 1. The molecule has 0 radical (unpaired) electrons. The third kappa shape index (κ3) is 6.71. The van der Waals surface area contributed by atoms with E-state index in [0.29, 0.717) is 6.54 Å². The Morgan fingerprint density at radius 3 is 2.14 bits per heavy atom. The number of amides is 1. The lowest BCUT2D eigenvalue weighted by Gasteiger charge is -2.28. The predicted octanol–water partition coefficient (Wildman–Crippen LogP) is 1.64. The predicted molar refractivity (Wildman–Crippen MR) is 57.1 cm³/mol. The van der Waals surface area contributed by atoms with Crippen molar-refractivity contribution >= 4 is 6.09 Å². The van der Waals surface area contributed by atoms with Crippen molar-refractivity contribution in [3.05, 3.63) is 0 Å². The second-order valence-corrected chi connectivity index (χ2v) is 5.05. The maximum Gasteiger partial charge on any atom is 0.408 e. The average Bonchev–Trinajstić information content (AvgIpc) is 1.78. The van der Waals surface area contributed by atoms with E-state index in [1.807, 2.05) is 34.6 Å². The first-order valence-electron chi connectivity index (χ1n) is 4.87. The third-order valence-corrected chi connectivity index (χ3v) is 1.61. The van der Waals surface area contributed by atoms with Gasteiger partial charge in [0.05, 0.1) is 0 Å². The molecule has 0 aromatic carbocycles. The molecule has 4 nitrogen and oxygen atoms in total. The van der Waals surface area contributed by atoms with Crippen molar-refractivity contribution in [2.75, 3.05) is 6.54 Å². The SMILES string of the molecule is CC(C)(CCN)NC(=O)OC(C)(C)C. The molecule has 4 heteroatoms. The summed E-state index contributed by atoms with van der Waals surface area (Å²) in [6.45, 7) is 9.89. The average molecular weight is 202 g/mol. The van der Waals surface area contributed by atoms with Gasteiger partial charge in [-0.3, -0.25) is 0 Å². The van der Waals surface area contributed by atoms with Crippen LogP contribution in [0.15, 0.2) is 0 Å². The summed E-state index contributed by atoms with van der Waals surface area (Å²) in [5, 5.41) is 2.77. The van der Waals surface area contributed by atoms with E-state index < -0.39 is 11.7 Å². The first-order chi connectivity index (χ1) is 6.16. The summed E-state index contributed by atoms with van der Waals surface area (Å²) in [5.41, 5.74) is 4.66. The zero-order chi connectivity index (χ0) is 11.4. The van der Waals surface area contributed by atoms with E-state index in [1.165, 1.54) is 0 Å². The topological polar surface area (TPSA) is 64.3 Å². The first kappa shape index (κ1) is 13.2. The van der Waals surface area contributed by atoms with Gasteiger partial charge < -0.3 is 15.8 Å². The quantitative estimate of drug-likeness (QED) is 0.731. The summed E-state index contributed by atoms with van der Waals surface area (Å²) in [7, 11) is 0. The highest BCUT2D eigenvalue weighted by Crippen LogP contribution is 2.11. The molecule has 0 aromatic heterocycles. The maximum absolute atomic E-state index is 11.4. The van der Waals surface area contributed by atoms with Gasteiger partial charge in [0, 0.05) is 5.54 Å². The lowest BCUT2D eigenvalue weighted by molar-refractivity contribution is 0.0469. The minimum Gasteiger partial charge on any atom is -0.444 e. The molecule has 0 rings (SSSR count). The Balaban J connectivity index is 4.06. The van der Waals surface area contributed by atoms with E-state index in [0.717, 1.165) is 6.42 Å². The molecule has 0 unspecified atom stereocenters. The lowest BCUT2D eigenvalue weighted by atomic mass is 10.0. The Morgan fingerprint density at radius 1 is 1.29 bits per heavy atom. The number of ether oxygens (including phenoxy) is 1. The van der Waals surface area contributed by atoms with Crippen LogP contribution < -0.4 is 11.1 Å². The third-order valence-electron chi connectivity index (χ3n) is 1.61. The van der Waals surface area contributed by atoms with Crippen LogP contribution in [0.4, 0.5) is 4.79 Å². The van der Waals surface area contributed by atoms with Crippen LogP contribution in [0.2, 0.25) is 0 Å². The van der Waals surface area contributed by atoms with E-state index >= 15 is 0 Å². The van der Waals surface area contributed by atoms with Crippen molar-refractivity contribution in [1.82, 2.24) is 5.32 Å². The zero-order valence-electron chi connectivity index (χ0n) is 9.81. The highest BCUT2D eigenvalue weighted by molar-refractivity contribution is 5.68. The number of hydrogen-bond acceptors (Lipinski definition) is 3. The van der Waals surface area contributed by atoms with Crippen LogP contribution in [0.1, 0.15) is 41.0 Å². The molecule has 0 aliphatic carbocycles. The van der Waals surface area contributed by atoms with Crippen molar-refractivity contribution in [3.8, 4) is 0 Å². The molecule has 0 aromatic rings. The molecular weight excluding hydrogens is 180 g/mol. The van der Waals surface area contributed by atoms with Crippen molar-refractivity contribution in [1.29, 1.82) is 0 Å². The molecule has 0 aliphatic heterocycles. The second-order valence-electron chi connectivity index (χ2n) is 5.05. The van der Waals surface area contributed by atoms with Crippen LogP contribution in [0.25, 0.3) is 0 Å². The van der Waals surface area contributed by atoms with E-state index in [4.69, 9.17) is 10.5 Å². The van der Waals surface area contributed by atoms with Gasteiger partial charge in [-0.15, -0.1) is 0 Å².